The minimum atomic E-state index is -0.742. The summed E-state index contributed by atoms with van der Waals surface area (Å²) in [4.78, 5) is 20.8. The van der Waals surface area contributed by atoms with Crippen molar-refractivity contribution in [3.8, 4) is 11.5 Å². The van der Waals surface area contributed by atoms with Gasteiger partial charge in [-0.2, -0.15) is 0 Å². The Labute approximate surface area is 95.9 Å². The Balaban J connectivity index is 3.64. The van der Waals surface area contributed by atoms with Crippen molar-refractivity contribution in [2.75, 3.05) is 14.2 Å². The van der Waals surface area contributed by atoms with Crippen LogP contribution in [-0.4, -0.2) is 25.4 Å². The lowest BCUT2D eigenvalue weighted by Crippen LogP contribution is -2.01. The van der Waals surface area contributed by atoms with Gasteiger partial charge in [-0.15, -0.1) is 0 Å². The van der Waals surface area contributed by atoms with Crippen molar-refractivity contribution >= 4 is 23.6 Å². The lowest BCUT2D eigenvalue weighted by molar-refractivity contribution is -0.385. The van der Waals surface area contributed by atoms with Crippen LogP contribution in [0.3, 0.4) is 0 Å². The highest BCUT2D eigenvalue weighted by molar-refractivity contribution is 6.33. The van der Waals surface area contributed by atoms with Crippen LogP contribution in [0.5, 0.6) is 11.5 Å². The first-order valence-electron chi connectivity index (χ1n) is 4.10. The molecule has 1 aromatic rings. The maximum absolute atomic E-state index is 10.8. The Morgan fingerprint density at radius 3 is 2.44 bits per heavy atom. The number of nitro groups is 1. The summed E-state index contributed by atoms with van der Waals surface area (Å²) in [7, 11) is 2.62. The zero-order valence-corrected chi connectivity index (χ0v) is 9.28. The lowest BCUT2D eigenvalue weighted by Gasteiger charge is -2.10. The molecule has 0 saturated heterocycles. The van der Waals surface area contributed by atoms with Crippen LogP contribution in [0.2, 0.25) is 5.02 Å². The minimum Gasteiger partial charge on any atom is -0.493 e. The largest absolute Gasteiger partial charge is 0.493 e. The van der Waals surface area contributed by atoms with Crippen LogP contribution in [0, 0.1) is 10.1 Å². The van der Waals surface area contributed by atoms with E-state index in [9.17, 15) is 14.9 Å². The molecule has 6 nitrogen and oxygen atoms in total. The minimum absolute atomic E-state index is 0.00593. The monoisotopic (exact) mass is 245 g/mol. The first kappa shape index (κ1) is 12.3. The second-order valence-corrected chi connectivity index (χ2v) is 3.14. The summed E-state index contributed by atoms with van der Waals surface area (Å²) >= 11 is 5.68. The van der Waals surface area contributed by atoms with Crippen molar-refractivity contribution in [2.45, 2.75) is 0 Å². The number of ether oxygens (including phenoxy) is 2. The molecule has 1 aromatic carbocycles. The summed E-state index contributed by atoms with van der Waals surface area (Å²) in [5, 5.41) is 10.6. The number of carbonyl (C=O) groups excluding carboxylic acids is 1. The molecule has 0 aliphatic heterocycles. The number of nitro benzene ring substituents is 1. The predicted molar refractivity (Wildman–Crippen MR) is 56.6 cm³/mol. The molecule has 0 aromatic heterocycles. The second-order valence-electron chi connectivity index (χ2n) is 2.73. The molecule has 0 fully saturated rings. The molecule has 86 valence electrons. The van der Waals surface area contributed by atoms with Gasteiger partial charge in [0, 0.05) is 6.07 Å². The Kier molecular flexibility index (Phi) is 3.68. The van der Waals surface area contributed by atoms with Crippen molar-refractivity contribution in [3.63, 3.8) is 0 Å². The fourth-order valence-electron chi connectivity index (χ4n) is 1.27. The number of benzene rings is 1. The molecule has 0 saturated carbocycles. The SMILES string of the molecule is COc1cc(Cl)c([N+](=O)[O-])c(C=O)c1OC. The van der Waals surface area contributed by atoms with Crippen LogP contribution >= 0.6 is 11.6 Å². The standard InChI is InChI=1S/C9H8ClNO5/c1-15-7-3-6(10)8(11(13)14)5(4-12)9(7)16-2/h3-4H,1-2H3. The van der Waals surface area contributed by atoms with E-state index in [-0.39, 0.29) is 22.1 Å². The Morgan fingerprint density at radius 1 is 1.44 bits per heavy atom. The van der Waals surface area contributed by atoms with Gasteiger partial charge in [-0.05, 0) is 0 Å². The average molecular weight is 246 g/mol. The van der Waals surface area contributed by atoms with E-state index in [0.29, 0.717) is 6.29 Å². The van der Waals surface area contributed by atoms with E-state index < -0.39 is 10.6 Å². The van der Waals surface area contributed by atoms with Crippen LogP contribution in [0.4, 0.5) is 5.69 Å². The van der Waals surface area contributed by atoms with Crippen LogP contribution in [-0.2, 0) is 0 Å². The third-order valence-corrected chi connectivity index (χ3v) is 2.22. The molecule has 0 unspecified atom stereocenters. The van der Waals surface area contributed by atoms with E-state index in [1.165, 1.54) is 20.3 Å². The van der Waals surface area contributed by atoms with Gasteiger partial charge in [0.15, 0.2) is 17.8 Å². The van der Waals surface area contributed by atoms with Gasteiger partial charge >= 0.3 is 5.69 Å². The number of hydrogen-bond acceptors (Lipinski definition) is 5. The summed E-state index contributed by atoms with van der Waals surface area (Å²) in [6.07, 6.45) is 0.311. The molecule has 7 heteroatoms. The van der Waals surface area contributed by atoms with E-state index in [2.05, 4.69) is 0 Å². The lowest BCUT2D eigenvalue weighted by atomic mass is 10.1. The highest BCUT2D eigenvalue weighted by Crippen LogP contribution is 2.41. The summed E-state index contributed by atoms with van der Waals surface area (Å²) in [5.41, 5.74) is -0.730. The molecule has 0 aliphatic rings. The predicted octanol–water partition coefficient (Wildman–Crippen LogP) is 2.08. The summed E-state index contributed by atoms with van der Waals surface area (Å²) in [6.45, 7) is 0. The van der Waals surface area contributed by atoms with Crippen LogP contribution in [0.15, 0.2) is 6.07 Å². The van der Waals surface area contributed by atoms with E-state index in [4.69, 9.17) is 21.1 Å². The van der Waals surface area contributed by atoms with Gasteiger partial charge in [0.1, 0.15) is 10.6 Å². The summed E-state index contributed by atoms with van der Waals surface area (Å²) in [5.74, 6) is 0.161. The fourth-order valence-corrected chi connectivity index (χ4v) is 1.54. The molecular formula is C9H8ClNO5. The second kappa shape index (κ2) is 4.80. The fraction of sp³-hybridized carbons (Fsp3) is 0.222. The van der Waals surface area contributed by atoms with E-state index >= 15 is 0 Å². The highest BCUT2D eigenvalue weighted by atomic mass is 35.5. The molecule has 0 spiro atoms. The Hall–Kier alpha value is -1.82. The Morgan fingerprint density at radius 2 is 2.06 bits per heavy atom. The number of nitrogens with zero attached hydrogens (tertiary/aromatic N) is 1. The first-order chi connectivity index (χ1) is 7.56. The van der Waals surface area contributed by atoms with Crippen molar-refractivity contribution in [1.82, 2.24) is 0 Å². The molecule has 0 heterocycles. The third-order valence-electron chi connectivity index (χ3n) is 1.93. The number of halogens is 1. The van der Waals surface area contributed by atoms with Gasteiger partial charge in [0.05, 0.1) is 19.1 Å². The van der Waals surface area contributed by atoms with Crippen LogP contribution < -0.4 is 9.47 Å². The average Bonchev–Trinajstić information content (AvgIpc) is 2.26. The summed E-state index contributed by atoms with van der Waals surface area (Å²) < 4.78 is 9.79. The number of hydrogen-bond donors (Lipinski definition) is 0. The van der Waals surface area contributed by atoms with E-state index in [1.54, 1.807) is 0 Å². The quantitative estimate of drug-likeness (QED) is 0.461. The zero-order chi connectivity index (χ0) is 12.3. The molecular weight excluding hydrogens is 238 g/mol. The van der Waals surface area contributed by atoms with E-state index in [1.807, 2.05) is 0 Å². The molecule has 0 amide bonds. The number of aldehydes is 1. The van der Waals surface area contributed by atoms with Gasteiger partial charge < -0.3 is 9.47 Å². The van der Waals surface area contributed by atoms with Crippen LogP contribution in [0.1, 0.15) is 10.4 Å². The van der Waals surface area contributed by atoms with Crippen molar-refractivity contribution in [1.29, 1.82) is 0 Å². The topological polar surface area (TPSA) is 78.7 Å². The smallest absolute Gasteiger partial charge is 0.302 e. The first-order valence-corrected chi connectivity index (χ1v) is 4.48. The molecule has 0 radical (unpaired) electrons. The molecule has 0 atom stereocenters. The van der Waals surface area contributed by atoms with Gasteiger partial charge in [0.2, 0.25) is 0 Å². The van der Waals surface area contributed by atoms with Crippen molar-refractivity contribution in [2.24, 2.45) is 0 Å². The molecule has 16 heavy (non-hydrogen) atoms. The van der Waals surface area contributed by atoms with Gasteiger partial charge in [-0.1, -0.05) is 11.6 Å². The molecule has 0 bridgehead atoms. The maximum atomic E-state index is 10.8. The summed E-state index contributed by atoms with van der Waals surface area (Å²) in [6, 6.07) is 1.23. The number of methoxy groups -OCH3 is 2. The van der Waals surface area contributed by atoms with Gasteiger partial charge in [-0.25, -0.2) is 0 Å². The Bertz CT molecular complexity index is 446. The van der Waals surface area contributed by atoms with Gasteiger partial charge in [0.25, 0.3) is 0 Å². The zero-order valence-electron chi connectivity index (χ0n) is 8.52. The van der Waals surface area contributed by atoms with E-state index in [0.717, 1.165) is 0 Å². The normalized spacial score (nSPS) is 9.69. The number of carbonyl (C=O) groups is 1. The van der Waals surface area contributed by atoms with Gasteiger partial charge in [-0.3, -0.25) is 14.9 Å². The van der Waals surface area contributed by atoms with Crippen LogP contribution in [0.25, 0.3) is 0 Å². The highest BCUT2D eigenvalue weighted by Gasteiger charge is 2.26. The third kappa shape index (κ3) is 1.92. The maximum Gasteiger partial charge on any atom is 0.302 e. The molecule has 0 N–H and O–H groups in total. The number of rotatable bonds is 4. The van der Waals surface area contributed by atoms with Crippen molar-refractivity contribution in [3.05, 3.63) is 26.8 Å². The molecule has 1 rings (SSSR count). The van der Waals surface area contributed by atoms with Crippen molar-refractivity contribution < 1.29 is 19.2 Å². The molecule has 0 aliphatic carbocycles.